The maximum absolute atomic E-state index is 13.1. The van der Waals surface area contributed by atoms with Crippen molar-refractivity contribution in [3.8, 4) is 0 Å². The van der Waals surface area contributed by atoms with Gasteiger partial charge in [0.25, 0.3) is 11.8 Å². The molecule has 0 spiro atoms. The van der Waals surface area contributed by atoms with Crippen LogP contribution in [0.15, 0.2) is 0 Å². The van der Waals surface area contributed by atoms with Gasteiger partial charge in [0.15, 0.2) is 18.3 Å². The first kappa shape index (κ1) is 36.0. The maximum atomic E-state index is 13.1. The van der Waals surface area contributed by atoms with Gasteiger partial charge in [-0.1, -0.05) is 0 Å². The van der Waals surface area contributed by atoms with E-state index in [2.05, 4.69) is 26.6 Å². The molecule has 16 heteroatoms. The highest BCUT2D eigenvalue weighted by Crippen LogP contribution is 2.18. The minimum atomic E-state index is -1.18. The number of hydrogen-bond donors (Lipinski definition) is 6. The molecule has 45 heavy (non-hydrogen) atoms. The number of carboxylic acid groups (broad SMARTS) is 1. The van der Waals surface area contributed by atoms with E-state index in [9.17, 15) is 33.9 Å². The quantitative estimate of drug-likeness (QED) is 0.178. The van der Waals surface area contributed by atoms with E-state index in [-0.39, 0.29) is 13.2 Å². The maximum Gasteiger partial charge on any atom is 0.407 e. The topological polar surface area (TPSA) is 220 Å². The van der Waals surface area contributed by atoms with Crippen LogP contribution in [-0.4, -0.2) is 115 Å². The van der Waals surface area contributed by atoms with Gasteiger partial charge in [0.05, 0.1) is 18.1 Å². The van der Waals surface area contributed by atoms with Crippen LogP contribution in [0.3, 0.4) is 0 Å². The summed E-state index contributed by atoms with van der Waals surface area (Å²) in [5, 5.41) is 22.6. The molecule has 0 bridgehead atoms. The lowest BCUT2D eigenvalue weighted by Gasteiger charge is -2.34. The number of carbonyl (C=O) groups excluding carboxylic acids is 5. The number of ether oxygens (including phenoxy) is 4. The lowest BCUT2D eigenvalue weighted by atomic mass is 10.00. The molecule has 6 N–H and O–H groups in total. The Balaban J connectivity index is 1.53. The highest BCUT2D eigenvalue weighted by molar-refractivity contribution is 5.92. The summed E-state index contributed by atoms with van der Waals surface area (Å²) < 4.78 is 21.8. The predicted octanol–water partition coefficient (Wildman–Crippen LogP) is -0.520. The van der Waals surface area contributed by atoms with Crippen LogP contribution in [0.25, 0.3) is 0 Å². The van der Waals surface area contributed by atoms with Gasteiger partial charge >= 0.3 is 12.1 Å². The van der Waals surface area contributed by atoms with Crippen molar-refractivity contribution in [3.63, 3.8) is 0 Å². The highest BCUT2D eigenvalue weighted by Gasteiger charge is 2.39. The molecule has 0 unspecified atom stereocenters. The Hall–Kier alpha value is -3.50. The molecule has 3 aliphatic heterocycles. The van der Waals surface area contributed by atoms with Crippen LogP contribution in [0.5, 0.6) is 0 Å². The van der Waals surface area contributed by atoms with Gasteiger partial charge in [-0.15, -0.1) is 0 Å². The first-order chi connectivity index (χ1) is 21.2. The molecule has 3 heterocycles. The number of carbonyl (C=O) groups is 6. The Labute approximate surface area is 262 Å². The molecule has 0 aromatic rings. The summed E-state index contributed by atoms with van der Waals surface area (Å²) in [6, 6.07) is -4.16. The van der Waals surface area contributed by atoms with Crippen molar-refractivity contribution in [2.75, 3.05) is 19.8 Å². The van der Waals surface area contributed by atoms with E-state index in [4.69, 9.17) is 18.9 Å². The average molecular weight is 642 g/mol. The van der Waals surface area contributed by atoms with Crippen molar-refractivity contribution in [2.24, 2.45) is 0 Å². The zero-order chi connectivity index (χ0) is 33.3. The van der Waals surface area contributed by atoms with E-state index < -0.39 is 89.8 Å². The summed E-state index contributed by atoms with van der Waals surface area (Å²) in [5.41, 5.74) is -0.720. The molecule has 254 valence electrons. The van der Waals surface area contributed by atoms with Crippen molar-refractivity contribution < 1.29 is 52.8 Å². The van der Waals surface area contributed by atoms with Gasteiger partial charge in [0, 0.05) is 19.8 Å². The molecule has 0 saturated carbocycles. The Bertz CT molecular complexity index is 1100. The average Bonchev–Trinajstić information content (AvgIpc) is 2.96. The van der Waals surface area contributed by atoms with Crippen LogP contribution in [0.2, 0.25) is 0 Å². The smallest absolute Gasteiger partial charge is 0.407 e. The van der Waals surface area contributed by atoms with Gasteiger partial charge in [-0.3, -0.25) is 19.2 Å². The van der Waals surface area contributed by atoms with E-state index in [1.807, 2.05) is 0 Å². The third-order valence-electron chi connectivity index (χ3n) is 7.59. The molecule has 0 aromatic carbocycles. The lowest BCUT2D eigenvalue weighted by Crippen LogP contribution is -2.61. The summed E-state index contributed by atoms with van der Waals surface area (Å²) in [6.45, 7) is 8.98. The highest BCUT2D eigenvalue weighted by atomic mass is 16.6. The second kappa shape index (κ2) is 16.2. The first-order valence-corrected chi connectivity index (χ1v) is 15.4. The number of nitrogens with one attached hydrogen (secondary N) is 5. The standard InChI is InChI=1S/C29H47N5O11/c1-15(31-26(38)21-18(10-7-13-43-21)34-28(41)45-29(3,4)5)23(35)32-17-9-6-12-42-20(17)25(37)30-16(2)24(36)33-19-11-8-14-44-22(19)27(39)40/h15-22H,6-14H2,1-5H3,(H,30,37)(H,31,38)(H,32,35)(H,33,36)(H,34,41)(H,39,40)/t15-,16-,17+,18+,19+,20+,21+,22+/m1/s1. The normalized spacial score (nSPS) is 28.4. The predicted molar refractivity (Wildman–Crippen MR) is 157 cm³/mol. The van der Waals surface area contributed by atoms with Crippen molar-refractivity contribution in [3.05, 3.63) is 0 Å². The number of hydrogen-bond acceptors (Lipinski definition) is 10. The van der Waals surface area contributed by atoms with Crippen molar-refractivity contribution in [1.82, 2.24) is 26.6 Å². The van der Waals surface area contributed by atoms with Crippen LogP contribution < -0.4 is 26.6 Å². The van der Waals surface area contributed by atoms with Crippen LogP contribution in [0.4, 0.5) is 4.79 Å². The summed E-state index contributed by atoms with van der Waals surface area (Å²) in [4.78, 5) is 75.8. The van der Waals surface area contributed by atoms with Gasteiger partial charge in [-0.2, -0.15) is 0 Å². The molecular weight excluding hydrogens is 594 g/mol. The minimum Gasteiger partial charge on any atom is -0.479 e. The fraction of sp³-hybridized carbons (Fsp3) is 0.793. The van der Waals surface area contributed by atoms with Gasteiger partial charge in [-0.25, -0.2) is 9.59 Å². The van der Waals surface area contributed by atoms with Crippen LogP contribution in [0.1, 0.15) is 73.1 Å². The molecule has 16 nitrogen and oxygen atoms in total. The SMILES string of the molecule is C[C@@H](NC(=O)[C@H]1OCCC[C@@H]1NC(=O)[C@@H](C)NC(=O)[C@H]1OCCC[C@@H]1NC(=O)OC(C)(C)C)C(=O)N[C@H]1CCCO[C@@H]1C(=O)O. The van der Waals surface area contributed by atoms with Gasteiger partial charge in [0.2, 0.25) is 11.8 Å². The number of alkyl carbamates (subject to hydrolysis) is 1. The second-order valence-electron chi connectivity index (χ2n) is 12.6. The third kappa shape index (κ3) is 10.8. The Kier molecular flexibility index (Phi) is 12.9. The van der Waals surface area contributed by atoms with Crippen molar-refractivity contribution >= 4 is 35.7 Å². The van der Waals surface area contributed by atoms with Crippen LogP contribution >= 0.6 is 0 Å². The van der Waals surface area contributed by atoms with Crippen LogP contribution in [-0.2, 0) is 42.9 Å². The Morgan fingerprint density at radius 3 is 1.44 bits per heavy atom. The molecule has 3 saturated heterocycles. The fourth-order valence-electron chi connectivity index (χ4n) is 5.34. The monoisotopic (exact) mass is 641 g/mol. The van der Waals surface area contributed by atoms with Crippen LogP contribution in [0, 0.1) is 0 Å². The summed E-state index contributed by atoms with van der Waals surface area (Å²) in [6.07, 6.45) is -0.882. The third-order valence-corrected chi connectivity index (χ3v) is 7.59. The second-order valence-corrected chi connectivity index (χ2v) is 12.6. The van der Waals surface area contributed by atoms with E-state index in [1.54, 1.807) is 20.8 Å². The van der Waals surface area contributed by atoms with Crippen molar-refractivity contribution in [1.29, 1.82) is 0 Å². The van der Waals surface area contributed by atoms with E-state index in [0.29, 0.717) is 45.1 Å². The fourth-order valence-corrected chi connectivity index (χ4v) is 5.34. The van der Waals surface area contributed by atoms with Crippen molar-refractivity contribution in [2.45, 2.75) is 127 Å². The summed E-state index contributed by atoms with van der Waals surface area (Å²) in [7, 11) is 0. The zero-order valence-electron chi connectivity index (χ0n) is 26.5. The minimum absolute atomic E-state index is 0.266. The molecule has 3 aliphatic rings. The lowest BCUT2D eigenvalue weighted by molar-refractivity contribution is -0.156. The molecule has 3 fully saturated rings. The van der Waals surface area contributed by atoms with Gasteiger partial charge < -0.3 is 50.6 Å². The number of amides is 5. The van der Waals surface area contributed by atoms with Gasteiger partial charge in [-0.05, 0) is 73.1 Å². The van der Waals surface area contributed by atoms with E-state index in [1.165, 1.54) is 13.8 Å². The Morgan fingerprint density at radius 2 is 1.04 bits per heavy atom. The first-order valence-electron chi connectivity index (χ1n) is 15.4. The van der Waals surface area contributed by atoms with E-state index in [0.717, 1.165) is 0 Å². The molecule has 8 atom stereocenters. The molecule has 0 aromatic heterocycles. The Morgan fingerprint density at radius 1 is 0.667 bits per heavy atom. The largest absolute Gasteiger partial charge is 0.479 e. The molecule has 3 rings (SSSR count). The zero-order valence-corrected chi connectivity index (χ0v) is 26.5. The number of aliphatic carboxylic acids is 1. The number of carboxylic acids is 1. The van der Waals surface area contributed by atoms with Gasteiger partial charge in [0.1, 0.15) is 17.7 Å². The molecule has 0 radical (unpaired) electrons. The molecular formula is C29H47N5O11. The number of rotatable bonds is 10. The molecule has 5 amide bonds. The summed E-state index contributed by atoms with van der Waals surface area (Å²) >= 11 is 0. The molecule has 0 aliphatic carbocycles. The summed E-state index contributed by atoms with van der Waals surface area (Å²) in [5.74, 6) is -3.53. The van der Waals surface area contributed by atoms with E-state index >= 15 is 0 Å².